The van der Waals surface area contributed by atoms with Crippen molar-refractivity contribution in [1.82, 2.24) is 0 Å². The van der Waals surface area contributed by atoms with Gasteiger partial charge in [-0.05, 0) is 31.9 Å². The molecule has 0 aliphatic carbocycles. The molecule has 0 saturated carbocycles. The summed E-state index contributed by atoms with van der Waals surface area (Å²) in [5.41, 5.74) is 2.81. The molecular weight excluding hydrogens is 310 g/mol. The molecule has 0 unspecified atom stereocenters. The van der Waals surface area contributed by atoms with Gasteiger partial charge < -0.3 is 4.55 Å². The number of rotatable bonds is 4. The quantitative estimate of drug-likeness (QED) is 0.490. The molecule has 0 spiro atoms. The highest BCUT2D eigenvalue weighted by Gasteiger charge is 2.14. The van der Waals surface area contributed by atoms with Gasteiger partial charge in [0.2, 0.25) is 20.9 Å². The van der Waals surface area contributed by atoms with E-state index in [1.165, 1.54) is 27.7 Å². The van der Waals surface area contributed by atoms with E-state index < -0.39 is 10.4 Å². The second-order valence-corrected chi connectivity index (χ2v) is 6.62. The first-order valence-corrected chi connectivity index (χ1v) is 8.99. The summed E-state index contributed by atoms with van der Waals surface area (Å²) in [5, 5.41) is 1.40. The van der Waals surface area contributed by atoms with E-state index in [0.29, 0.717) is 0 Å². The molecule has 0 atom stereocenters. The van der Waals surface area contributed by atoms with Gasteiger partial charge in [0, 0.05) is 13.0 Å². The van der Waals surface area contributed by atoms with Crippen molar-refractivity contribution in [2.45, 2.75) is 40.7 Å². The summed E-state index contributed by atoms with van der Waals surface area (Å²) in [6.07, 6.45) is 1.12. The van der Waals surface area contributed by atoms with Gasteiger partial charge in [-0.2, -0.15) is 4.57 Å². The van der Waals surface area contributed by atoms with Crippen LogP contribution in [-0.4, -0.2) is 19.6 Å². The smallest absolute Gasteiger partial charge is 0.235 e. The van der Waals surface area contributed by atoms with E-state index >= 15 is 0 Å². The number of aromatic nitrogens is 1. The van der Waals surface area contributed by atoms with Crippen molar-refractivity contribution in [3.05, 3.63) is 28.8 Å². The minimum absolute atomic E-state index is 0.0914. The molecule has 0 saturated heterocycles. The Hall–Kier alpha value is -1.02. The van der Waals surface area contributed by atoms with E-state index in [0.717, 1.165) is 13.0 Å². The fraction of sp³-hybridized carbons (Fsp3) is 0.500. The Balaban J connectivity index is 0.000000270. The molecule has 21 heavy (non-hydrogen) atoms. The van der Waals surface area contributed by atoms with E-state index in [2.05, 4.69) is 47.7 Å². The fourth-order valence-corrected chi connectivity index (χ4v) is 3.44. The lowest BCUT2D eigenvalue weighted by atomic mass is 10.2. The Morgan fingerprint density at radius 1 is 1.29 bits per heavy atom. The summed E-state index contributed by atoms with van der Waals surface area (Å²) in [6, 6.07) is 6.81. The van der Waals surface area contributed by atoms with Gasteiger partial charge in [0.1, 0.15) is 11.2 Å². The summed E-state index contributed by atoms with van der Waals surface area (Å²) in [7, 11) is -4.42. The van der Waals surface area contributed by atoms with Crippen LogP contribution in [0.3, 0.4) is 0 Å². The summed E-state index contributed by atoms with van der Waals surface area (Å²) in [4.78, 5) is 0. The highest BCUT2D eigenvalue weighted by molar-refractivity contribution is 7.80. The fourth-order valence-electron chi connectivity index (χ4n) is 2.00. The first kappa shape index (κ1) is 18.0. The first-order chi connectivity index (χ1) is 9.82. The van der Waals surface area contributed by atoms with Crippen LogP contribution in [-0.2, 0) is 27.5 Å². The van der Waals surface area contributed by atoms with Crippen LogP contribution >= 0.6 is 11.3 Å². The molecule has 0 fully saturated rings. The van der Waals surface area contributed by atoms with Crippen LogP contribution in [0.4, 0.5) is 0 Å². The van der Waals surface area contributed by atoms with Crippen LogP contribution in [0.2, 0.25) is 0 Å². The number of hydrogen-bond donors (Lipinski definition) is 0. The summed E-state index contributed by atoms with van der Waals surface area (Å²) in [6.45, 7) is 9.00. The van der Waals surface area contributed by atoms with E-state index in [-0.39, 0.29) is 6.61 Å². The van der Waals surface area contributed by atoms with Gasteiger partial charge in [-0.15, -0.1) is 0 Å². The normalized spacial score (nSPS) is 11.3. The van der Waals surface area contributed by atoms with Crippen LogP contribution in [0.5, 0.6) is 0 Å². The number of hydrogen-bond acceptors (Lipinski definition) is 5. The van der Waals surface area contributed by atoms with E-state index in [1.807, 2.05) is 11.3 Å². The minimum atomic E-state index is -4.42. The molecule has 0 bridgehead atoms. The zero-order valence-electron chi connectivity index (χ0n) is 12.8. The molecule has 0 radical (unpaired) electrons. The molecule has 1 heterocycles. The summed E-state index contributed by atoms with van der Waals surface area (Å²) in [5.74, 6) is 0. The number of benzene rings is 1. The maximum Gasteiger partial charge on any atom is 0.235 e. The monoisotopic (exact) mass is 331 g/mol. The minimum Gasteiger partial charge on any atom is -0.726 e. The average Bonchev–Trinajstić information content (AvgIpc) is 2.72. The molecule has 0 aliphatic rings. The van der Waals surface area contributed by atoms with Gasteiger partial charge in [0.05, 0.1) is 6.61 Å². The molecule has 0 amide bonds. The Bertz CT molecular complexity index is 692. The average molecular weight is 331 g/mol. The van der Waals surface area contributed by atoms with E-state index in [4.69, 9.17) is 0 Å². The molecule has 2 rings (SSSR count). The van der Waals surface area contributed by atoms with E-state index in [1.54, 1.807) is 0 Å². The predicted octanol–water partition coefficient (Wildman–Crippen LogP) is 2.56. The van der Waals surface area contributed by atoms with Gasteiger partial charge in [-0.3, -0.25) is 4.18 Å². The van der Waals surface area contributed by atoms with Crippen LogP contribution in [0.15, 0.2) is 18.2 Å². The van der Waals surface area contributed by atoms with Crippen molar-refractivity contribution in [2.24, 2.45) is 0 Å². The molecule has 7 heteroatoms. The van der Waals surface area contributed by atoms with Crippen LogP contribution in [0.1, 0.15) is 31.3 Å². The molecule has 1 aromatic heterocycles. The van der Waals surface area contributed by atoms with Gasteiger partial charge in [0.25, 0.3) is 0 Å². The van der Waals surface area contributed by atoms with Crippen molar-refractivity contribution in [2.75, 3.05) is 6.61 Å². The van der Waals surface area contributed by atoms with Crippen LogP contribution in [0.25, 0.3) is 10.2 Å². The Labute approximate surface area is 130 Å². The van der Waals surface area contributed by atoms with Crippen molar-refractivity contribution in [1.29, 1.82) is 0 Å². The second-order valence-electron chi connectivity index (χ2n) is 4.34. The van der Waals surface area contributed by atoms with Gasteiger partial charge >= 0.3 is 0 Å². The van der Waals surface area contributed by atoms with Crippen LogP contribution in [0, 0.1) is 6.92 Å². The van der Waals surface area contributed by atoms with Crippen molar-refractivity contribution in [3.8, 4) is 0 Å². The lowest BCUT2D eigenvalue weighted by Gasteiger charge is -2.02. The SMILES string of the molecule is CCOS(=O)(=O)[O-].CCc1ccc2c(c1)sc(C)[n+]2CC. The Morgan fingerprint density at radius 2 is 1.95 bits per heavy atom. The number of nitrogens with zero attached hydrogens (tertiary/aromatic N) is 1. The molecule has 118 valence electrons. The second kappa shape index (κ2) is 7.84. The highest BCUT2D eigenvalue weighted by atomic mass is 32.3. The largest absolute Gasteiger partial charge is 0.726 e. The van der Waals surface area contributed by atoms with Crippen molar-refractivity contribution >= 4 is 32.0 Å². The molecular formula is C14H21NO4S2. The third kappa shape index (κ3) is 5.35. The summed E-state index contributed by atoms with van der Waals surface area (Å²) >= 11 is 1.90. The first-order valence-electron chi connectivity index (χ1n) is 6.84. The molecule has 0 N–H and O–H groups in total. The number of fused-ring (bicyclic) bond motifs is 1. The predicted molar refractivity (Wildman–Crippen MR) is 83.1 cm³/mol. The van der Waals surface area contributed by atoms with Gasteiger partial charge in [0.15, 0.2) is 0 Å². The lowest BCUT2D eigenvalue weighted by molar-refractivity contribution is -0.669. The molecule has 2 aromatic rings. The zero-order valence-corrected chi connectivity index (χ0v) is 14.4. The number of aryl methyl sites for hydroxylation is 3. The standard InChI is InChI=1S/C12H16NS.C2H6O4S/c1-4-10-6-7-11-12(8-10)14-9(3)13(11)5-2;1-2-6-7(3,4)5/h6-8H,4-5H2,1-3H3;2H2,1H3,(H,3,4,5)/q+1;/p-1. The van der Waals surface area contributed by atoms with Crippen LogP contribution < -0.4 is 4.57 Å². The highest BCUT2D eigenvalue weighted by Crippen LogP contribution is 2.21. The summed E-state index contributed by atoms with van der Waals surface area (Å²) < 4.78 is 35.8. The maximum atomic E-state index is 9.45. The molecule has 5 nitrogen and oxygen atoms in total. The van der Waals surface area contributed by atoms with Crippen molar-refractivity contribution < 1.29 is 21.7 Å². The zero-order chi connectivity index (χ0) is 16.0. The Kier molecular flexibility index (Phi) is 6.73. The number of thiazole rings is 1. The topological polar surface area (TPSA) is 70.3 Å². The lowest BCUT2D eigenvalue weighted by Crippen LogP contribution is -2.33. The molecule has 0 aliphatic heterocycles. The van der Waals surface area contributed by atoms with Gasteiger partial charge in [-0.1, -0.05) is 24.3 Å². The third-order valence-corrected chi connectivity index (χ3v) is 4.53. The van der Waals surface area contributed by atoms with Gasteiger partial charge in [-0.25, -0.2) is 8.42 Å². The maximum absolute atomic E-state index is 9.45. The van der Waals surface area contributed by atoms with Crippen molar-refractivity contribution in [3.63, 3.8) is 0 Å². The third-order valence-electron chi connectivity index (χ3n) is 2.94. The molecule has 1 aromatic carbocycles. The van der Waals surface area contributed by atoms with E-state index in [9.17, 15) is 13.0 Å². The Morgan fingerprint density at radius 3 is 2.38 bits per heavy atom.